The van der Waals surface area contributed by atoms with Gasteiger partial charge in [0.2, 0.25) is 0 Å². The summed E-state index contributed by atoms with van der Waals surface area (Å²) in [7, 11) is 0. The molecule has 0 aromatic carbocycles. The fraction of sp³-hybridized carbons (Fsp3) is 1.00. The van der Waals surface area contributed by atoms with Gasteiger partial charge in [-0.3, -0.25) is 4.90 Å². The molecule has 0 unspecified atom stereocenters. The Morgan fingerprint density at radius 1 is 1.08 bits per heavy atom. The highest BCUT2D eigenvalue weighted by atomic mass is 35.5. The lowest BCUT2D eigenvalue weighted by atomic mass is 10.5. The highest BCUT2D eigenvalue weighted by molar-refractivity contribution is 6.18. The lowest BCUT2D eigenvalue weighted by Crippen LogP contribution is -2.31. The molecule has 0 heterocycles. The molecule has 0 rings (SSSR count). The minimum absolute atomic E-state index is 0. The van der Waals surface area contributed by atoms with Gasteiger partial charge in [0.05, 0.1) is 6.61 Å². The van der Waals surface area contributed by atoms with E-state index in [1.807, 2.05) is 6.92 Å². The highest BCUT2D eigenvalue weighted by Gasteiger charge is 2.01. The van der Waals surface area contributed by atoms with Crippen LogP contribution in [0.5, 0.6) is 0 Å². The molecule has 0 saturated heterocycles. The van der Waals surface area contributed by atoms with Gasteiger partial charge in [0.15, 0.2) is 0 Å². The van der Waals surface area contributed by atoms with Crippen LogP contribution in [0.15, 0.2) is 0 Å². The molecule has 0 N–H and O–H groups in total. The summed E-state index contributed by atoms with van der Waals surface area (Å²) >= 11 is 11.2. The van der Waals surface area contributed by atoms with Gasteiger partial charge in [-0.2, -0.15) is 0 Å². The molecule has 0 bridgehead atoms. The summed E-state index contributed by atoms with van der Waals surface area (Å²) in [4.78, 5) is 2.20. The van der Waals surface area contributed by atoms with Gasteiger partial charge >= 0.3 is 0 Å². The average Bonchev–Trinajstić information content (AvgIpc) is 2.06. The van der Waals surface area contributed by atoms with Crippen LogP contribution in [0.3, 0.4) is 0 Å². The molecule has 5 heteroatoms. The van der Waals surface area contributed by atoms with Gasteiger partial charge < -0.3 is 4.74 Å². The SMILES string of the molecule is CCOCCN(CCCl)CCCl.Cl. The van der Waals surface area contributed by atoms with Crippen molar-refractivity contribution in [3.05, 3.63) is 0 Å². The smallest absolute Gasteiger partial charge is 0.0593 e. The summed E-state index contributed by atoms with van der Waals surface area (Å²) in [6.45, 7) is 6.24. The van der Waals surface area contributed by atoms with Crippen LogP contribution in [0, 0.1) is 0 Å². The number of ether oxygens (including phenoxy) is 1. The van der Waals surface area contributed by atoms with Crippen molar-refractivity contribution < 1.29 is 4.74 Å². The largest absolute Gasteiger partial charge is 0.380 e. The molecular weight excluding hydrogens is 232 g/mol. The lowest BCUT2D eigenvalue weighted by Gasteiger charge is -2.19. The van der Waals surface area contributed by atoms with Crippen molar-refractivity contribution in [2.24, 2.45) is 0 Å². The second kappa shape index (κ2) is 12.8. The third kappa shape index (κ3) is 10.7. The highest BCUT2D eigenvalue weighted by Crippen LogP contribution is 1.91. The number of hydrogen-bond donors (Lipinski definition) is 0. The van der Waals surface area contributed by atoms with Gasteiger partial charge in [0.25, 0.3) is 0 Å². The topological polar surface area (TPSA) is 12.5 Å². The van der Waals surface area contributed by atoms with Crippen LogP contribution in [0.2, 0.25) is 0 Å². The Bertz CT molecular complexity index is 89.5. The first kappa shape index (κ1) is 16.2. The van der Waals surface area contributed by atoms with Crippen molar-refractivity contribution >= 4 is 35.6 Å². The van der Waals surface area contributed by atoms with E-state index in [1.165, 1.54) is 0 Å². The molecule has 0 fully saturated rings. The Labute approximate surface area is 96.9 Å². The minimum atomic E-state index is 0. The fourth-order valence-electron chi connectivity index (χ4n) is 0.912. The molecule has 0 saturated carbocycles. The van der Waals surface area contributed by atoms with Crippen molar-refractivity contribution in [1.82, 2.24) is 4.90 Å². The van der Waals surface area contributed by atoms with Gasteiger partial charge in [-0.05, 0) is 6.92 Å². The molecular formula is C8H18Cl3NO. The number of rotatable bonds is 8. The predicted molar refractivity (Wildman–Crippen MR) is 61.6 cm³/mol. The van der Waals surface area contributed by atoms with Gasteiger partial charge in [0, 0.05) is 38.0 Å². The van der Waals surface area contributed by atoms with Crippen molar-refractivity contribution in [2.75, 3.05) is 44.6 Å². The normalized spacial score (nSPS) is 10.2. The molecule has 0 aromatic heterocycles. The number of nitrogens with zero attached hydrogens (tertiary/aromatic N) is 1. The van der Waals surface area contributed by atoms with Crippen LogP contribution in [0.1, 0.15) is 6.92 Å². The van der Waals surface area contributed by atoms with Gasteiger partial charge in [-0.25, -0.2) is 0 Å². The molecule has 0 aliphatic rings. The van der Waals surface area contributed by atoms with E-state index in [1.54, 1.807) is 0 Å². The zero-order chi connectivity index (χ0) is 9.23. The summed E-state index contributed by atoms with van der Waals surface area (Å²) in [5, 5.41) is 0. The monoisotopic (exact) mass is 249 g/mol. The maximum atomic E-state index is 5.62. The molecule has 82 valence electrons. The van der Waals surface area contributed by atoms with E-state index in [9.17, 15) is 0 Å². The van der Waals surface area contributed by atoms with Gasteiger partial charge in [-0.1, -0.05) is 0 Å². The van der Waals surface area contributed by atoms with Crippen LogP contribution < -0.4 is 0 Å². The Morgan fingerprint density at radius 2 is 1.62 bits per heavy atom. The van der Waals surface area contributed by atoms with E-state index in [2.05, 4.69) is 4.90 Å². The first-order valence-electron chi connectivity index (χ1n) is 4.27. The van der Waals surface area contributed by atoms with Crippen molar-refractivity contribution in [1.29, 1.82) is 0 Å². The first-order valence-corrected chi connectivity index (χ1v) is 5.34. The van der Waals surface area contributed by atoms with Crippen LogP contribution in [-0.4, -0.2) is 49.5 Å². The maximum Gasteiger partial charge on any atom is 0.0593 e. The molecule has 13 heavy (non-hydrogen) atoms. The third-order valence-corrected chi connectivity index (χ3v) is 1.90. The van der Waals surface area contributed by atoms with E-state index in [0.717, 1.165) is 32.8 Å². The van der Waals surface area contributed by atoms with Crippen molar-refractivity contribution in [2.45, 2.75) is 6.92 Å². The zero-order valence-corrected chi connectivity index (χ0v) is 10.3. The maximum absolute atomic E-state index is 5.62. The molecule has 0 atom stereocenters. The standard InChI is InChI=1S/C8H17Cl2NO.ClH/c1-2-12-8-7-11(5-3-9)6-4-10;/h2-8H2,1H3;1H. The van der Waals surface area contributed by atoms with Crippen molar-refractivity contribution in [3.63, 3.8) is 0 Å². The minimum Gasteiger partial charge on any atom is -0.380 e. The summed E-state index contributed by atoms with van der Waals surface area (Å²) < 4.78 is 5.23. The number of alkyl halides is 2. The second-order valence-electron chi connectivity index (χ2n) is 2.42. The quantitative estimate of drug-likeness (QED) is 0.484. The zero-order valence-electron chi connectivity index (χ0n) is 7.97. The first-order chi connectivity index (χ1) is 5.85. The summed E-state index contributed by atoms with van der Waals surface area (Å²) in [6, 6.07) is 0. The molecule has 0 aliphatic carbocycles. The van der Waals surface area contributed by atoms with Crippen LogP contribution in [0.4, 0.5) is 0 Å². The Hall–Kier alpha value is 0.790. The fourth-order valence-corrected chi connectivity index (χ4v) is 1.39. The number of hydrogen-bond acceptors (Lipinski definition) is 2. The van der Waals surface area contributed by atoms with Crippen molar-refractivity contribution in [3.8, 4) is 0 Å². The van der Waals surface area contributed by atoms with E-state index >= 15 is 0 Å². The van der Waals surface area contributed by atoms with E-state index < -0.39 is 0 Å². The van der Waals surface area contributed by atoms with E-state index in [-0.39, 0.29) is 12.4 Å². The summed E-state index contributed by atoms with van der Waals surface area (Å²) in [5.41, 5.74) is 0. The molecule has 0 amide bonds. The Balaban J connectivity index is 0. The van der Waals surface area contributed by atoms with E-state index in [4.69, 9.17) is 27.9 Å². The molecule has 2 nitrogen and oxygen atoms in total. The summed E-state index contributed by atoms with van der Waals surface area (Å²) in [5.74, 6) is 1.31. The number of halogens is 3. The summed E-state index contributed by atoms with van der Waals surface area (Å²) in [6.07, 6.45) is 0. The lowest BCUT2D eigenvalue weighted by molar-refractivity contribution is 0.118. The average molecular weight is 251 g/mol. The molecule has 0 aromatic rings. The second-order valence-corrected chi connectivity index (χ2v) is 3.17. The molecule has 0 spiro atoms. The van der Waals surface area contributed by atoms with Gasteiger partial charge in [-0.15, -0.1) is 35.6 Å². The Morgan fingerprint density at radius 3 is 2.00 bits per heavy atom. The third-order valence-electron chi connectivity index (χ3n) is 1.56. The van der Waals surface area contributed by atoms with E-state index in [0.29, 0.717) is 11.8 Å². The van der Waals surface area contributed by atoms with Crippen LogP contribution in [0.25, 0.3) is 0 Å². The predicted octanol–water partition coefficient (Wildman–Crippen LogP) is 2.22. The Kier molecular flexibility index (Phi) is 16.0. The van der Waals surface area contributed by atoms with Crippen LogP contribution >= 0.6 is 35.6 Å². The van der Waals surface area contributed by atoms with Gasteiger partial charge in [0.1, 0.15) is 0 Å². The molecule has 0 aliphatic heterocycles. The molecule has 0 radical (unpaired) electrons. The van der Waals surface area contributed by atoms with Crippen LogP contribution in [-0.2, 0) is 4.74 Å².